The average molecular weight is 242 g/mol. The molecule has 1 heterocycles. The van der Waals surface area contributed by atoms with Crippen LogP contribution in [0.3, 0.4) is 0 Å². The predicted molar refractivity (Wildman–Crippen MR) is 61.2 cm³/mol. The maximum Gasteiger partial charge on any atom is 0.198 e. The van der Waals surface area contributed by atoms with Gasteiger partial charge in [0, 0.05) is 10.6 Å². The van der Waals surface area contributed by atoms with Crippen LogP contribution in [0.25, 0.3) is 0 Å². The van der Waals surface area contributed by atoms with Crippen LogP contribution in [-0.2, 0) is 0 Å². The van der Waals surface area contributed by atoms with Crippen molar-refractivity contribution >= 4 is 23.2 Å². The van der Waals surface area contributed by atoms with E-state index in [-0.39, 0.29) is 6.04 Å². The maximum atomic E-state index is 6.03. The zero-order valence-corrected chi connectivity index (χ0v) is 9.29. The Morgan fingerprint density at radius 3 is 2.40 bits per heavy atom. The predicted octanol–water partition coefficient (Wildman–Crippen LogP) is 3.63. The molecule has 1 unspecified atom stereocenters. The van der Waals surface area contributed by atoms with Gasteiger partial charge in [-0.15, -0.1) is 0 Å². The summed E-state index contributed by atoms with van der Waals surface area (Å²) in [4.78, 5) is 0. The van der Waals surface area contributed by atoms with Gasteiger partial charge in [-0.1, -0.05) is 29.8 Å². The van der Waals surface area contributed by atoms with E-state index in [1.54, 1.807) is 12.1 Å². The van der Waals surface area contributed by atoms with Crippen molar-refractivity contribution in [2.45, 2.75) is 6.04 Å². The first-order valence-corrected chi connectivity index (χ1v) is 5.18. The molecule has 2 N–H and O–H groups in total. The van der Waals surface area contributed by atoms with Gasteiger partial charge in [0.15, 0.2) is 5.22 Å². The molecular weight excluding hydrogens is 233 g/mol. The van der Waals surface area contributed by atoms with Gasteiger partial charge in [0.05, 0.1) is 12.3 Å². The lowest BCUT2D eigenvalue weighted by molar-refractivity contribution is 0.564. The molecule has 1 atom stereocenters. The molecule has 1 aromatic heterocycles. The van der Waals surface area contributed by atoms with Crippen molar-refractivity contribution in [3.63, 3.8) is 0 Å². The number of hydrogen-bond acceptors (Lipinski definition) is 2. The van der Waals surface area contributed by atoms with Crippen molar-refractivity contribution in [3.05, 3.63) is 58.0 Å². The molecule has 0 saturated carbocycles. The highest BCUT2D eigenvalue weighted by atomic mass is 35.5. The Balaban J connectivity index is 2.41. The summed E-state index contributed by atoms with van der Waals surface area (Å²) in [6, 6.07) is 8.80. The molecule has 2 aromatic rings. The Bertz CT molecular complexity index is 467. The normalized spacial score (nSPS) is 12.7. The Kier molecular flexibility index (Phi) is 3.00. The van der Waals surface area contributed by atoms with Crippen LogP contribution in [0.2, 0.25) is 10.2 Å². The second-order valence-corrected chi connectivity index (χ2v) is 3.90. The van der Waals surface area contributed by atoms with Gasteiger partial charge in [0.2, 0.25) is 0 Å². The van der Waals surface area contributed by atoms with Crippen molar-refractivity contribution in [1.29, 1.82) is 0 Å². The summed E-state index contributed by atoms with van der Waals surface area (Å²) in [5.41, 5.74) is 7.61. The molecule has 0 saturated heterocycles. The van der Waals surface area contributed by atoms with Crippen LogP contribution < -0.4 is 5.73 Å². The Morgan fingerprint density at radius 1 is 1.07 bits per heavy atom. The average Bonchev–Trinajstić information content (AvgIpc) is 2.64. The van der Waals surface area contributed by atoms with Gasteiger partial charge in [-0.3, -0.25) is 0 Å². The summed E-state index contributed by atoms with van der Waals surface area (Å²) in [5.74, 6) is 0. The lowest BCUT2D eigenvalue weighted by Crippen LogP contribution is -2.11. The molecule has 0 spiro atoms. The van der Waals surface area contributed by atoms with E-state index in [0.29, 0.717) is 10.2 Å². The van der Waals surface area contributed by atoms with Gasteiger partial charge >= 0.3 is 0 Å². The topological polar surface area (TPSA) is 39.2 Å². The first-order chi connectivity index (χ1) is 7.20. The second kappa shape index (κ2) is 4.27. The first-order valence-electron chi connectivity index (χ1n) is 4.43. The third kappa shape index (κ3) is 2.02. The summed E-state index contributed by atoms with van der Waals surface area (Å²) in [5, 5.41) is 0.935. The minimum absolute atomic E-state index is 0.308. The van der Waals surface area contributed by atoms with E-state index in [9.17, 15) is 0 Å². The molecule has 0 aliphatic heterocycles. The zero-order chi connectivity index (χ0) is 10.8. The number of hydrogen-bond donors (Lipinski definition) is 1. The van der Waals surface area contributed by atoms with Crippen molar-refractivity contribution in [1.82, 2.24) is 0 Å². The largest absolute Gasteiger partial charge is 0.453 e. The number of furan rings is 1. The second-order valence-electron chi connectivity index (χ2n) is 3.15. The molecule has 15 heavy (non-hydrogen) atoms. The third-order valence-corrected chi connectivity index (χ3v) is 2.87. The van der Waals surface area contributed by atoms with Crippen LogP contribution >= 0.6 is 23.2 Å². The van der Waals surface area contributed by atoms with E-state index in [4.69, 9.17) is 33.4 Å². The summed E-state index contributed by atoms with van der Waals surface area (Å²) in [6.07, 6.45) is 1.51. The fourth-order valence-electron chi connectivity index (χ4n) is 1.42. The van der Waals surface area contributed by atoms with E-state index in [1.807, 2.05) is 18.2 Å². The van der Waals surface area contributed by atoms with Crippen LogP contribution in [-0.4, -0.2) is 0 Å². The fourth-order valence-corrected chi connectivity index (χ4v) is 1.91. The van der Waals surface area contributed by atoms with Gasteiger partial charge in [-0.05, 0) is 29.3 Å². The molecule has 0 aliphatic carbocycles. The molecule has 78 valence electrons. The molecular formula is C11H9Cl2NO. The summed E-state index contributed by atoms with van der Waals surface area (Å²) in [7, 11) is 0. The van der Waals surface area contributed by atoms with Crippen LogP contribution in [0.5, 0.6) is 0 Å². The Morgan fingerprint density at radius 2 is 1.80 bits per heavy atom. The van der Waals surface area contributed by atoms with E-state index < -0.39 is 0 Å². The van der Waals surface area contributed by atoms with Gasteiger partial charge in [-0.2, -0.15) is 0 Å². The van der Waals surface area contributed by atoms with E-state index >= 15 is 0 Å². The van der Waals surface area contributed by atoms with Crippen LogP contribution in [0, 0.1) is 0 Å². The number of nitrogens with two attached hydrogens (primary N) is 1. The quantitative estimate of drug-likeness (QED) is 0.873. The van der Waals surface area contributed by atoms with Gasteiger partial charge < -0.3 is 10.2 Å². The molecule has 2 nitrogen and oxygen atoms in total. The number of rotatable bonds is 2. The Hall–Kier alpha value is -0.960. The molecule has 0 bridgehead atoms. The molecule has 4 heteroatoms. The van der Waals surface area contributed by atoms with E-state index in [2.05, 4.69) is 0 Å². The highest BCUT2D eigenvalue weighted by Crippen LogP contribution is 2.30. The van der Waals surface area contributed by atoms with Crippen LogP contribution in [0.15, 0.2) is 41.0 Å². The minimum Gasteiger partial charge on any atom is -0.453 e. The molecule has 0 fully saturated rings. The monoisotopic (exact) mass is 241 g/mol. The minimum atomic E-state index is -0.357. The Labute approximate surface area is 97.6 Å². The third-order valence-electron chi connectivity index (χ3n) is 2.22. The van der Waals surface area contributed by atoms with E-state index in [1.165, 1.54) is 6.26 Å². The van der Waals surface area contributed by atoms with Crippen molar-refractivity contribution < 1.29 is 4.42 Å². The van der Waals surface area contributed by atoms with Gasteiger partial charge in [0.25, 0.3) is 0 Å². The summed E-state index contributed by atoms with van der Waals surface area (Å²) in [6.45, 7) is 0. The SMILES string of the molecule is NC(c1ccccc1Cl)c1ccoc1Cl. The standard InChI is InChI=1S/C11H9Cl2NO/c12-9-4-2-1-3-7(9)10(14)8-5-6-15-11(8)13/h1-6,10H,14H2. The highest BCUT2D eigenvalue weighted by molar-refractivity contribution is 6.31. The number of benzene rings is 1. The van der Waals surface area contributed by atoms with Crippen molar-refractivity contribution in [3.8, 4) is 0 Å². The van der Waals surface area contributed by atoms with Gasteiger partial charge in [-0.25, -0.2) is 0 Å². The number of halogens is 2. The van der Waals surface area contributed by atoms with Crippen molar-refractivity contribution in [2.75, 3.05) is 0 Å². The van der Waals surface area contributed by atoms with Gasteiger partial charge in [0.1, 0.15) is 0 Å². The zero-order valence-electron chi connectivity index (χ0n) is 7.78. The smallest absolute Gasteiger partial charge is 0.198 e. The first kappa shape index (κ1) is 10.6. The molecule has 0 radical (unpaired) electrons. The molecule has 1 aromatic carbocycles. The van der Waals surface area contributed by atoms with Crippen LogP contribution in [0.4, 0.5) is 0 Å². The van der Waals surface area contributed by atoms with E-state index in [0.717, 1.165) is 11.1 Å². The highest BCUT2D eigenvalue weighted by Gasteiger charge is 2.16. The molecule has 0 amide bonds. The molecule has 2 rings (SSSR count). The van der Waals surface area contributed by atoms with Crippen LogP contribution in [0.1, 0.15) is 17.2 Å². The summed E-state index contributed by atoms with van der Waals surface area (Å²) >= 11 is 11.9. The van der Waals surface area contributed by atoms with Crippen molar-refractivity contribution in [2.24, 2.45) is 5.73 Å². The lowest BCUT2D eigenvalue weighted by Gasteiger charge is -2.11. The fraction of sp³-hybridized carbons (Fsp3) is 0.0909. The maximum absolute atomic E-state index is 6.03. The summed E-state index contributed by atoms with van der Waals surface area (Å²) < 4.78 is 4.99. The molecule has 0 aliphatic rings. The lowest BCUT2D eigenvalue weighted by atomic mass is 10.0.